The fraction of sp³-hybridized carbons (Fsp3) is 0.778. The molecule has 0 aliphatic heterocycles. The van der Waals surface area contributed by atoms with Crippen LogP contribution in [0.2, 0.25) is 0 Å². The fourth-order valence-corrected chi connectivity index (χ4v) is 0.863. The minimum atomic E-state index is -0.810. The second-order valence-corrected chi connectivity index (χ2v) is 3.39. The van der Waals surface area contributed by atoms with E-state index in [9.17, 15) is 9.59 Å². The highest BCUT2D eigenvalue weighted by Gasteiger charge is 2.24. The highest BCUT2D eigenvalue weighted by atomic mass is 16.5. The summed E-state index contributed by atoms with van der Waals surface area (Å²) in [5, 5.41) is 0. The predicted molar refractivity (Wildman–Crippen MR) is 49.1 cm³/mol. The van der Waals surface area contributed by atoms with Crippen molar-refractivity contribution in [2.45, 2.75) is 26.8 Å². The van der Waals surface area contributed by atoms with Crippen LogP contribution in [0.3, 0.4) is 0 Å². The molecular weight excluding hydrogens is 170 g/mol. The average molecular weight is 187 g/mol. The van der Waals surface area contributed by atoms with E-state index in [1.54, 1.807) is 7.05 Å². The van der Waals surface area contributed by atoms with Crippen molar-refractivity contribution in [2.24, 2.45) is 5.92 Å². The molecule has 0 fully saturated rings. The molecule has 1 atom stereocenters. The minimum absolute atomic E-state index is 0.0339. The van der Waals surface area contributed by atoms with Crippen molar-refractivity contribution < 1.29 is 14.3 Å². The van der Waals surface area contributed by atoms with Gasteiger partial charge in [0.2, 0.25) is 0 Å². The van der Waals surface area contributed by atoms with Crippen molar-refractivity contribution >= 4 is 11.9 Å². The molecule has 0 heterocycles. The zero-order valence-electron chi connectivity index (χ0n) is 8.83. The Balaban J connectivity index is 4.33. The van der Waals surface area contributed by atoms with E-state index in [1.807, 2.05) is 20.8 Å². The number of hydrogen-bond acceptors (Lipinski definition) is 3. The maximum absolute atomic E-state index is 11.3. The molecule has 1 unspecified atom stereocenters. The van der Waals surface area contributed by atoms with Crippen LogP contribution in [0.5, 0.6) is 0 Å². The summed E-state index contributed by atoms with van der Waals surface area (Å²) in [6.07, 6.45) is 0. The van der Waals surface area contributed by atoms with Crippen molar-refractivity contribution in [2.75, 3.05) is 14.2 Å². The SMILES string of the molecule is COC(=O)C(=O)N(C)C(C)C(C)C. The van der Waals surface area contributed by atoms with E-state index in [4.69, 9.17) is 0 Å². The van der Waals surface area contributed by atoms with Gasteiger partial charge in [-0.3, -0.25) is 4.79 Å². The van der Waals surface area contributed by atoms with Gasteiger partial charge >= 0.3 is 11.9 Å². The summed E-state index contributed by atoms with van der Waals surface area (Å²) in [4.78, 5) is 23.5. The van der Waals surface area contributed by atoms with Gasteiger partial charge < -0.3 is 9.64 Å². The quantitative estimate of drug-likeness (QED) is 0.471. The number of rotatable bonds is 2. The van der Waals surface area contributed by atoms with E-state index < -0.39 is 11.9 Å². The van der Waals surface area contributed by atoms with Crippen LogP contribution in [-0.4, -0.2) is 37.0 Å². The number of methoxy groups -OCH3 is 1. The zero-order chi connectivity index (χ0) is 10.6. The summed E-state index contributed by atoms with van der Waals surface area (Å²) < 4.78 is 4.33. The van der Waals surface area contributed by atoms with Crippen LogP contribution in [0, 0.1) is 5.92 Å². The van der Waals surface area contributed by atoms with E-state index in [1.165, 1.54) is 12.0 Å². The molecule has 0 saturated carbocycles. The van der Waals surface area contributed by atoms with Gasteiger partial charge in [-0.15, -0.1) is 0 Å². The molecule has 0 bridgehead atoms. The molecule has 0 spiro atoms. The lowest BCUT2D eigenvalue weighted by Crippen LogP contribution is -2.42. The Bertz CT molecular complexity index is 201. The Labute approximate surface area is 78.9 Å². The van der Waals surface area contributed by atoms with Gasteiger partial charge in [-0.05, 0) is 12.8 Å². The lowest BCUT2D eigenvalue weighted by molar-refractivity contribution is -0.158. The fourth-order valence-electron chi connectivity index (χ4n) is 0.863. The van der Waals surface area contributed by atoms with Gasteiger partial charge in [-0.2, -0.15) is 0 Å². The van der Waals surface area contributed by atoms with Crippen molar-refractivity contribution in [3.63, 3.8) is 0 Å². The third kappa shape index (κ3) is 3.05. The number of likely N-dealkylation sites (N-methyl/N-ethyl adjacent to an activating group) is 1. The first-order chi connectivity index (χ1) is 5.91. The molecule has 0 aliphatic carbocycles. The molecule has 4 heteroatoms. The molecule has 1 amide bonds. The van der Waals surface area contributed by atoms with Crippen LogP contribution in [0.15, 0.2) is 0 Å². The van der Waals surface area contributed by atoms with Gasteiger partial charge in [0.05, 0.1) is 7.11 Å². The number of hydrogen-bond donors (Lipinski definition) is 0. The van der Waals surface area contributed by atoms with Gasteiger partial charge in [-0.1, -0.05) is 13.8 Å². The normalized spacial score (nSPS) is 12.5. The Hall–Kier alpha value is -1.06. The van der Waals surface area contributed by atoms with E-state index in [-0.39, 0.29) is 6.04 Å². The van der Waals surface area contributed by atoms with E-state index in [2.05, 4.69) is 4.74 Å². The van der Waals surface area contributed by atoms with Gasteiger partial charge in [0.15, 0.2) is 0 Å². The summed E-state index contributed by atoms with van der Waals surface area (Å²) in [5.41, 5.74) is 0. The molecule has 0 aromatic heterocycles. The Kier molecular flexibility index (Phi) is 4.45. The van der Waals surface area contributed by atoms with Crippen molar-refractivity contribution in [1.82, 2.24) is 4.90 Å². The second-order valence-electron chi connectivity index (χ2n) is 3.39. The molecule has 0 rings (SSSR count). The minimum Gasteiger partial charge on any atom is -0.462 e. The first kappa shape index (κ1) is 11.9. The highest BCUT2D eigenvalue weighted by Crippen LogP contribution is 2.08. The molecule has 0 saturated heterocycles. The monoisotopic (exact) mass is 187 g/mol. The van der Waals surface area contributed by atoms with Crippen LogP contribution in [0.1, 0.15) is 20.8 Å². The van der Waals surface area contributed by atoms with E-state index >= 15 is 0 Å². The first-order valence-corrected chi connectivity index (χ1v) is 4.27. The number of esters is 1. The second kappa shape index (κ2) is 4.84. The molecule has 13 heavy (non-hydrogen) atoms. The largest absolute Gasteiger partial charge is 0.462 e. The number of carbonyl (C=O) groups is 2. The Morgan fingerprint density at radius 3 is 2.00 bits per heavy atom. The van der Waals surface area contributed by atoms with Crippen LogP contribution < -0.4 is 0 Å². The third-order valence-corrected chi connectivity index (χ3v) is 2.26. The molecule has 0 N–H and O–H groups in total. The van der Waals surface area contributed by atoms with Crippen molar-refractivity contribution in [1.29, 1.82) is 0 Å². The molecule has 0 radical (unpaired) electrons. The van der Waals surface area contributed by atoms with Crippen LogP contribution >= 0.6 is 0 Å². The molecule has 0 aliphatic rings. The Morgan fingerprint density at radius 2 is 1.69 bits per heavy atom. The topological polar surface area (TPSA) is 46.6 Å². The van der Waals surface area contributed by atoms with Gasteiger partial charge in [0, 0.05) is 13.1 Å². The standard InChI is InChI=1S/C9H17NO3/c1-6(2)7(3)10(4)8(11)9(12)13-5/h6-7H,1-5H3. The third-order valence-electron chi connectivity index (χ3n) is 2.26. The van der Waals surface area contributed by atoms with E-state index in [0.717, 1.165) is 0 Å². The number of nitrogens with zero attached hydrogens (tertiary/aromatic N) is 1. The highest BCUT2D eigenvalue weighted by molar-refractivity contribution is 6.32. The maximum Gasteiger partial charge on any atom is 0.396 e. The summed E-state index contributed by atoms with van der Waals surface area (Å²) in [6, 6.07) is 0.0339. The average Bonchev–Trinajstić information content (AvgIpc) is 2.12. The van der Waals surface area contributed by atoms with Crippen LogP contribution in [-0.2, 0) is 14.3 Å². The summed E-state index contributed by atoms with van der Waals surface area (Å²) in [5.74, 6) is -1.09. The van der Waals surface area contributed by atoms with Crippen molar-refractivity contribution in [3.8, 4) is 0 Å². The van der Waals surface area contributed by atoms with E-state index in [0.29, 0.717) is 5.92 Å². The predicted octanol–water partition coefficient (Wildman–Crippen LogP) is 0.662. The van der Waals surface area contributed by atoms with Crippen LogP contribution in [0.4, 0.5) is 0 Å². The summed E-state index contributed by atoms with van der Waals surface area (Å²) in [6.45, 7) is 5.88. The number of amides is 1. The van der Waals surface area contributed by atoms with Gasteiger partial charge in [-0.25, -0.2) is 4.79 Å². The maximum atomic E-state index is 11.3. The van der Waals surface area contributed by atoms with Gasteiger partial charge in [0.25, 0.3) is 0 Å². The molecular formula is C9H17NO3. The molecule has 0 aromatic carbocycles. The zero-order valence-corrected chi connectivity index (χ0v) is 8.83. The lowest BCUT2D eigenvalue weighted by Gasteiger charge is -2.26. The molecule has 76 valence electrons. The smallest absolute Gasteiger partial charge is 0.396 e. The summed E-state index contributed by atoms with van der Waals surface area (Å²) >= 11 is 0. The van der Waals surface area contributed by atoms with Crippen LogP contribution in [0.25, 0.3) is 0 Å². The molecule has 4 nitrogen and oxygen atoms in total. The van der Waals surface area contributed by atoms with Gasteiger partial charge in [0.1, 0.15) is 0 Å². The summed E-state index contributed by atoms with van der Waals surface area (Å²) in [7, 11) is 2.80. The number of ether oxygens (including phenoxy) is 1. The van der Waals surface area contributed by atoms with Crippen molar-refractivity contribution in [3.05, 3.63) is 0 Å². The lowest BCUT2D eigenvalue weighted by atomic mass is 10.1. The number of carbonyl (C=O) groups excluding carboxylic acids is 2. The first-order valence-electron chi connectivity index (χ1n) is 4.27. The molecule has 0 aromatic rings. The Morgan fingerprint density at radius 1 is 1.23 bits per heavy atom.